The third-order valence-corrected chi connectivity index (χ3v) is 4.80. The van der Waals surface area contributed by atoms with Crippen molar-refractivity contribution in [2.75, 3.05) is 25.6 Å². The molecule has 0 saturated heterocycles. The second-order valence-electron chi connectivity index (χ2n) is 7.26. The molecule has 2 rings (SSSR count). The van der Waals surface area contributed by atoms with Crippen LogP contribution in [0.15, 0.2) is 36.4 Å². The average Bonchev–Trinajstić information content (AvgIpc) is 2.72. The lowest BCUT2D eigenvalue weighted by Crippen LogP contribution is -2.33. The normalized spacial score (nSPS) is 10.6. The summed E-state index contributed by atoms with van der Waals surface area (Å²) in [5.41, 5.74) is 2.06. The summed E-state index contributed by atoms with van der Waals surface area (Å²) in [4.78, 5) is 24.8. The first-order valence-corrected chi connectivity index (χ1v) is 10.4. The Balaban J connectivity index is 2.00. The van der Waals surface area contributed by atoms with Crippen molar-refractivity contribution in [1.29, 1.82) is 0 Å². The van der Waals surface area contributed by atoms with Crippen molar-refractivity contribution in [2.45, 2.75) is 33.6 Å². The maximum Gasteiger partial charge on any atom is 0.251 e. The molecule has 6 nitrogen and oxygen atoms in total. The first-order chi connectivity index (χ1) is 14.3. The zero-order chi connectivity index (χ0) is 22.1. The van der Waals surface area contributed by atoms with Crippen molar-refractivity contribution in [2.24, 2.45) is 5.92 Å². The lowest BCUT2D eigenvalue weighted by molar-refractivity contribution is -0.115. The predicted molar refractivity (Wildman–Crippen MR) is 120 cm³/mol. The van der Waals surface area contributed by atoms with Gasteiger partial charge in [-0.05, 0) is 42.5 Å². The summed E-state index contributed by atoms with van der Waals surface area (Å²) in [6, 6.07) is 10.6. The Kier molecular flexibility index (Phi) is 8.99. The Morgan fingerprint density at radius 1 is 1.17 bits per heavy atom. The van der Waals surface area contributed by atoms with Gasteiger partial charge in [-0.1, -0.05) is 50.6 Å². The van der Waals surface area contributed by atoms with Crippen LogP contribution in [0.2, 0.25) is 5.02 Å². The average molecular weight is 433 g/mol. The second kappa shape index (κ2) is 11.5. The van der Waals surface area contributed by atoms with Crippen LogP contribution in [-0.4, -0.2) is 32.1 Å². The van der Waals surface area contributed by atoms with Crippen LogP contribution in [0.25, 0.3) is 0 Å². The lowest BCUT2D eigenvalue weighted by atomic mass is 10.1. The third kappa shape index (κ3) is 6.66. The van der Waals surface area contributed by atoms with E-state index >= 15 is 0 Å². The Morgan fingerprint density at radius 2 is 1.90 bits per heavy atom. The molecule has 0 aromatic heterocycles. The molecule has 0 spiro atoms. The standard InChI is InChI=1S/C23H29ClN2O4/c1-5-16-8-6-7-9-19(16)26-21(27)14-25-23(28)17-12-18(24)22(20(13-17)29-4)30-11-10-15(2)3/h6-9,12-13,15H,5,10-11,14H2,1-4H3,(H,25,28)(H,26,27). The maximum absolute atomic E-state index is 12.5. The van der Waals surface area contributed by atoms with E-state index in [1.165, 1.54) is 13.2 Å². The SMILES string of the molecule is CCc1ccccc1NC(=O)CNC(=O)c1cc(Cl)c(OCCC(C)C)c(OC)c1. The first-order valence-electron chi connectivity index (χ1n) is 10.0. The quantitative estimate of drug-likeness (QED) is 0.570. The van der Waals surface area contributed by atoms with E-state index in [4.69, 9.17) is 21.1 Å². The zero-order valence-corrected chi connectivity index (χ0v) is 18.6. The number of carbonyl (C=O) groups excluding carboxylic acids is 2. The van der Waals surface area contributed by atoms with Crippen LogP contribution in [0.3, 0.4) is 0 Å². The van der Waals surface area contributed by atoms with Gasteiger partial charge in [0.2, 0.25) is 5.91 Å². The number of ether oxygens (including phenoxy) is 2. The molecule has 0 radical (unpaired) electrons. The number of benzene rings is 2. The van der Waals surface area contributed by atoms with Gasteiger partial charge in [-0.15, -0.1) is 0 Å². The summed E-state index contributed by atoms with van der Waals surface area (Å²) in [5.74, 6) is 0.539. The van der Waals surface area contributed by atoms with Crippen LogP contribution in [0.5, 0.6) is 11.5 Å². The van der Waals surface area contributed by atoms with E-state index in [0.717, 1.165) is 24.1 Å². The Bertz CT molecular complexity index is 884. The number of hydrogen-bond acceptors (Lipinski definition) is 4. The Labute approximate surface area is 182 Å². The van der Waals surface area contributed by atoms with Crippen LogP contribution in [-0.2, 0) is 11.2 Å². The number of para-hydroxylation sites is 1. The number of anilines is 1. The number of hydrogen-bond donors (Lipinski definition) is 2. The van der Waals surface area contributed by atoms with Crippen LogP contribution < -0.4 is 20.1 Å². The summed E-state index contributed by atoms with van der Waals surface area (Å²) < 4.78 is 11.1. The highest BCUT2D eigenvalue weighted by molar-refractivity contribution is 6.32. The van der Waals surface area contributed by atoms with E-state index in [0.29, 0.717) is 24.0 Å². The van der Waals surface area contributed by atoms with Crippen LogP contribution in [0, 0.1) is 5.92 Å². The molecule has 2 amide bonds. The van der Waals surface area contributed by atoms with Crippen molar-refractivity contribution >= 4 is 29.1 Å². The molecule has 0 atom stereocenters. The minimum Gasteiger partial charge on any atom is -0.493 e. The molecule has 7 heteroatoms. The van der Waals surface area contributed by atoms with Crippen LogP contribution in [0.1, 0.15) is 43.1 Å². The van der Waals surface area contributed by atoms with Crippen molar-refractivity contribution in [3.63, 3.8) is 0 Å². The van der Waals surface area contributed by atoms with Gasteiger partial charge in [-0.25, -0.2) is 0 Å². The Morgan fingerprint density at radius 3 is 2.57 bits per heavy atom. The van der Waals surface area contributed by atoms with E-state index in [1.807, 2.05) is 31.2 Å². The number of nitrogens with one attached hydrogen (secondary N) is 2. The number of methoxy groups -OCH3 is 1. The highest BCUT2D eigenvalue weighted by Crippen LogP contribution is 2.36. The zero-order valence-electron chi connectivity index (χ0n) is 17.9. The minimum atomic E-state index is -0.428. The highest BCUT2D eigenvalue weighted by Gasteiger charge is 2.17. The molecule has 0 bridgehead atoms. The van der Waals surface area contributed by atoms with Gasteiger partial charge in [0.25, 0.3) is 5.91 Å². The number of aryl methyl sites for hydroxylation is 1. The summed E-state index contributed by atoms with van der Waals surface area (Å²) in [6.07, 6.45) is 1.67. The second-order valence-corrected chi connectivity index (χ2v) is 7.67. The van der Waals surface area contributed by atoms with Gasteiger partial charge >= 0.3 is 0 Å². The molecule has 2 aromatic rings. The smallest absolute Gasteiger partial charge is 0.251 e. The molecule has 0 aliphatic heterocycles. The fourth-order valence-electron chi connectivity index (χ4n) is 2.80. The monoisotopic (exact) mass is 432 g/mol. The van der Waals surface area contributed by atoms with Crippen molar-refractivity contribution < 1.29 is 19.1 Å². The molecule has 0 fully saturated rings. The Hall–Kier alpha value is -2.73. The largest absolute Gasteiger partial charge is 0.493 e. The van der Waals surface area contributed by atoms with Gasteiger partial charge in [0, 0.05) is 11.3 Å². The number of carbonyl (C=O) groups is 2. The van der Waals surface area contributed by atoms with E-state index < -0.39 is 5.91 Å². The van der Waals surface area contributed by atoms with Gasteiger partial charge in [0.15, 0.2) is 11.5 Å². The van der Waals surface area contributed by atoms with E-state index in [1.54, 1.807) is 6.07 Å². The molecule has 0 saturated carbocycles. The lowest BCUT2D eigenvalue weighted by Gasteiger charge is -2.15. The topological polar surface area (TPSA) is 76.7 Å². The molecular weight excluding hydrogens is 404 g/mol. The minimum absolute atomic E-state index is 0.163. The fourth-order valence-corrected chi connectivity index (χ4v) is 3.06. The van der Waals surface area contributed by atoms with Crippen molar-refractivity contribution in [3.05, 3.63) is 52.5 Å². The summed E-state index contributed by atoms with van der Waals surface area (Å²) in [7, 11) is 1.49. The van der Waals surface area contributed by atoms with Gasteiger partial charge in [-0.3, -0.25) is 9.59 Å². The van der Waals surface area contributed by atoms with E-state index in [2.05, 4.69) is 24.5 Å². The first kappa shape index (κ1) is 23.5. The molecular formula is C23H29ClN2O4. The molecule has 162 valence electrons. The molecule has 2 aromatic carbocycles. The molecule has 0 aliphatic carbocycles. The van der Waals surface area contributed by atoms with Gasteiger partial charge in [-0.2, -0.15) is 0 Å². The van der Waals surface area contributed by atoms with Crippen LogP contribution in [0.4, 0.5) is 5.69 Å². The highest BCUT2D eigenvalue weighted by atomic mass is 35.5. The molecule has 30 heavy (non-hydrogen) atoms. The van der Waals surface area contributed by atoms with E-state index in [-0.39, 0.29) is 23.0 Å². The summed E-state index contributed by atoms with van der Waals surface area (Å²) in [6.45, 7) is 6.56. The van der Waals surface area contributed by atoms with E-state index in [9.17, 15) is 9.59 Å². The fraction of sp³-hybridized carbons (Fsp3) is 0.391. The van der Waals surface area contributed by atoms with Gasteiger partial charge in [0.1, 0.15) is 0 Å². The van der Waals surface area contributed by atoms with Crippen molar-refractivity contribution in [1.82, 2.24) is 5.32 Å². The third-order valence-electron chi connectivity index (χ3n) is 4.52. The molecule has 0 unspecified atom stereocenters. The summed E-state index contributed by atoms with van der Waals surface area (Å²) >= 11 is 6.31. The van der Waals surface area contributed by atoms with Crippen molar-refractivity contribution in [3.8, 4) is 11.5 Å². The van der Waals surface area contributed by atoms with Gasteiger partial charge in [0.05, 0.1) is 25.3 Å². The maximum atomic E-state index is 12.5. The van der Waals surface area contributed by atoms with Gasteiger partial charge < -0.3 is 20.1 Å². The molecule has 0 heterocycles. The number of halogens is 1. The predicted octanol–water partition coefficient (Wildman–Crippen LogP) is 4.70. The summed E-state index contributed by atoms with van der Waals surface area (Å²) in [5, 5.41) is 5.71. The number of amides is 2. The number of rotatable bonds is 10. The van der Waals surface area contributed by atoms with Crippen LogP contribution >= 0.6 is 11.6 Å². The molecule has 0 aliphatic rings. The molecule has 2 N–H and O–H groups in total.